The molecule has 2 aromatic carbocycles. The first-order chi connectivity index (χ1) is 11.3. The summed E-state index contributed by atoms with van der Waals surface area (Å²) in [5, 5.41) is 0. The van der Waals surface area contributed by atoms with Crippen LogP contribution in [-0.4, -0.2) is 36.2 Å². The topological polar surface area (TPSA) is 92.8 Å². The highest BCUT2D eigenvalue weighted by molar-refractivity contribution is 7.92. The monoisotopic (exact) mass is 368 g/mol. The van der Waals surface area contributed by atoms with Crippen molar-refractivity contribution in [1.29, 1.82) is 0 Å². The highest BCUT2D eigenvalue weighted by Crippen LogP contribution is 2.35. The molecule has 0 atom stereocenters. The highest BCUT2D eigenvalue weighted by atomic mass is 32.2. The molecule has 1 aliphatic heterocycles. The number of rotatable bonds is 4. The van der Waals surface area contributed by atoms with Gasteiger partial charge in [0, 0.05) is 6.07 Å². The second kappa shape index (κ2) is 5.99. The van der Waals surface area contributed by atoms with Crippen molar-refractivity contribution < 1.29 is 21.6 Å². The molecule has 9 heteroatoms. The zero-order valence-corrected chi connectivity index (χ0v) is 14.5. The lowest BCUT2D eigenvalue weighted by atomic mass is 10.2. The first-order valence-electron chi connectivity index (χ1n) is 7.10. The molecule has 0 aromatic heterocycles. The Bertz CT molecular complexity index is 957. The van der Waals surface area contributed by atoms with Gasteiger partial charge in [-0.15, -0.1) is 0 Å². The van der Waals surface area contributed by atoms with Gasteiger partial charge in [0.25, 0.3) is 10.0 Å². The summed E-state index contributed by atoms with van der Waals surface area (Å²) in [5.74, 6) is 0.319. The Labute approximate surface area is 141 Å². The number of fused-ring (bicyclic) bond motifs is 1. The predicted octanol–water partition coefficient (Wildman–Crippen LogP) is 1.65. The van der Waals surface area contributed by atoms with Crippen LogP contribution in [0.5, 0.6) is 5.75 Å². The van der Waals surface area contributed by atoms with Crippen LogP contribution in [0.2, 0.25) is 0 Å². The van der Waals surface area contributed by atoms with E-state index < -0.39 is 20.0 Å². The summed E-state index contributed by atoms with van der Waals surface area (Å²) in [7, 11) is -7.13. The molecule has 0 spiro atoms. The zero-order chi connectivity index (χ0) is 17.4. The summed E-state index contributed by atoms with van der Waals surface area (Å²) in [6.07, 6.45) is 1.12. The molecule has 0 bridgehead atoms. The van der Waals surface area contributed by atoms with E-state index in [2.05, 4.69) is 4.72 Å². The lowest BCUT2D eigenvalue weighted by molar-refractivity contribution is 0.316. The van der Waals surface area contributed by atoms with Crippen LogP contribution in [0.4, 0.5) is 11.4 Å². The molecule has 0 saturated carbocycles. The molecule has 0 unspecified atom stereocenters. The lowest BCUT2D eigenvalue weighted by Crippen LogP contribution is -2.37. The van der Waals surface area contributed by atoms with Crippen LogP contribution in [0.1, 0.15) is 0 Å². The van der Waals surface area contributed by atoms with Crippen LogP contribution in [-0.2, 0) is 20.0 Å². The second-order valence-corrected chi connectivity index (χ2v) is 8.87. The Kier molecular flexibility index (Phi) is 4.14. The first-order valence-corrected chi connectivity index (χ1v) is 10.4. The van der Waals surface area contributed by atoms with E-state index in [0.717, 1.165) is 6.26 Å². The Morgan fingerprint density at radius 1 is 1.04 bits per heavy atom. The van der Waals surface area contributed by atoms with Crippen molar-refractivity contribution in [2.24, 2.45) is 0 Å². The minimum atomic E-state index is -3.72. The number of hydrogen-bond donors (Lipinski definition) is 1. The van der Waals surface area contributed by atoms with E-state index in [0.29, 0.717) is 17.1 Å². The van der Waals surface area contributed by atoms with Gasteiger partial charge in [0.1, 0.15) is 12.4 Å². The minimum Gasteiger partial charge on any atom is -0.489 e. The molecular formula is C15H16N2O5S2. The average molecular weight is 368 g/mol. The van der Waals surface area contributed by atoms with Crippen LogP contribution in [0, 0.1) is 0 Å². The fourth-order valence-electron chi connectivity index (χ4n) is 2.42. The van der Waals surface area contributed by atoms with Gasteiger partial charge in [-0.1, -0.05) is 18.2 Å². The van der Waals surface area contributed by atoms with Crippen LogP contribution in [0.25, 0.3) is 0 Å². The van der Waals surface area contributed by atoms with Crippen molar-refractivity contribution >= 4 is 31.4 Å². The maximum atomic E-state index is 12.3. The number of benzene rings is 2. The Balaban J connectivity index is 1.93. The third kappa shape index (κ3) is 3.31. The molecule has 0 fully saturated rings. The molecule has 1 N–H and O–H groups in total. The SMILES string of the molecule is CS(=O)(=O)N1CCOc2cc(NS(=O)(=O)c3ccccc3)ccc21. The summed E-state index contributed by atoms with van der Waals surface area (Å²) >= 11 is 0. The largest absolute Gasteiger partial charge is 0.489 e. The Morgan fingerprint density at radius 3 is 2.42 bits per heavy atom. The molecule has 7 nitrogen and oxygen atoms in total. The predicted molar refractivity (Wildman–Crippen MR) is 91.4 cm³/mol. The van der Waals surface area contributed by atoms with Gasteiger partial charge < -0.3 is 4.74 Å². The summed E-state index contributed by atoms with van der Waals surface area (Å²) in [5.41, 5.74) is 0.694. The normalized spacial score (nSPS) is 14.6. The second-order valence-electron chi connectivity index (χ2n) is 5.28. The molecule has 0 amide bonds. The van der Waals surface area contributed by atoms with Gasteiger partial charge in [0.2, 0.25) is 10.0 Å². The number of ether oxygens (including phenoxy) is 1. The van der Waals surface area contributed by atoms with Crippen LogP contribution < -0.4 is 13.8 Å². The van der Waals surface area contributed by atoms with E-state index in [1.165, 1.54) is 34.6 Å². The summed E-state index contributed by atoms with van der Waals surface area (Å²) in [4.78, 5) is 0.140. The van der Waals surface area contributed by atoms with Crippen LogP contribution in [0.15, 0.2) is 53.4 Å². The standard InChI is InChI=1S/C15H16N2O5S2/c1-23(18,19)17-9-10-22-15-11-12(7-8-14(15)17)16-24(20,21)13-5-3-2-4-6-13/h2-8,11,16H,9-10H2,1H3. The molecule has 128 valence electrons. The molecule has 24 heavy (non-hydrogen) atoms. The zero-order valence-electron chi connectivity index (χ0n) is 12.8. The third-order valence-electron chi connectivity index (χ3n) is 3.49. The Hall–Kier alpha value is -2.26. The molecule has 1 heterocycles. The van der Waals surface area contributed by atoms with E-state index >= 15 is 0 Å². The highest BCUT2D eigenvalue weighted by Gasteiger charge is 2.25. The molecule has 0 radical (unpaired) electrons. The Morgan fingerprint density at radius 2 is 1.75 bits per heavy atom. The molecular weight excluding hydrogens is 352 g/mol. The van der Waals surface area contributed by atoms with Gasteiger partial charge in [0.15, 0.2) is 0 Å². The van der Waals surface area contributed by atoms with Gasteiger partial charge in [-0.3, -0.25) is 9.03 Å². The van der Waals surface area contributed by atoms with Gasteiger partial charge in [-0.05, 0) is 24.3 Å². The van der Waals surface area contributed by atoms with Gasteiger partial charge in [-0.25, -0.2) is 16.8 Å². The van der Waals surface area contributed by atoms with Gasteiger partial charge in [0.05, 0.1) is 29.1 Å². The van der Waals surface area contributed by atoms with Crippen LogP contribution in [0.3, 0.4) is 0 Å². The number of sulfonamides is 2. The quantitative estimate of drug-likeness (QED) is 0.886. The number of nitrogens with one attached hydrogen (secondary N) is 1. The summed E-state index contributed by atoms with van der Waals surface area (Å²) < 4.78 is 57.5. The van der Waals surface area contributed by atoms with Gasteiger partial charge >= 0.3 is 0 Å². The van der Waals surface area contributed by atoms with E-state index in [9.17, 15) is 16.8 Å². The third-order valence-corrected chi connectivity index (χ3v) is 6.06. The van der Waals surface area contributed by atoms with E-state index in [1.54, 1.807) is 18.2 Å². The van der Waals surface area contributed by atoms with Crippen molar-refractivity contribution in [3.63, 3.8) is 0 Å². The van der Waals surface area contributed by atoms with E-state index in [-0.39, 0.29) is 18.0 Å². The maximum absolute atomic E-state index is 12.3. The van der Waals surface area contributed by atoms with Crippen molar-refractivity contribution in [2.45, 2.75) is 4.90 Å². The van der Waals surface area contributed by atoms with Crippen molar-refractivity contribution in [1.82, 2.24) is 0 Å². The van der Waals surface area contributed by atoms with Crippen molar-refractivity contribution in [3.8, 4) is 5.75 Å². The average Bonchev–Trinajstić information content (AvgIpc) is 2.53. The molecule has 0 aliphatic carbocycles. The minimum absolute atomic E-state index is 0.140. The lowest BCUT2D eigenvalue weighted by Gasteiger charge is -2.29. The molecule has 3 rings (SSSR count). The fraction of sp³-hybridized carbons (Fsp3) is 0.200. The fourth-order valence-corrected chi connectivity index (χ4v) is 4.40. The summed E-state index contributed by atoms with van der Waals surface area (Å²) in [6, 6.07) is 12.5. The molecule has 0 saturated heterocycles. The maximum Gasteiger partial charge on any atom is 0.261 e. The van der Waals surface area contributed by atoms with E-state index in [1.807, 2.05) is 0 Å². The van der Waals surface area contributed by atoms with Crippen molar-refractivity contribution in [3.05, 3.63) is 48.5 Å². The first kappa shape index (κ1) is 16.6. The summed E-state index contributed by atoms with van der Waals surface area (Å²) in [6.45, 7) is 0.426. The van der Waals surface area contributed by atoms with Crippen molar-refractivity contribution in [2.75, 3.05) is 28.4 Å². The number of nitrogens with zero attached hydrogens (tertiary/aromatic N) is 1. The molecule has 1 aliphatic rings. The number of hydrogen-bond acceptors (Lipinski definition) is 5. The number of anilines is 2. The van der Waals surface area contributed by atoms with E-state index in [4.69, 9.17) is 4.74 Å². The van der Waals surface area contributed by atoms with Crippen LogP contribution >= 0.6 is 0 Å². The molecule has 2 aromatic rings. The van der Waals surface area contributed by atoms with Gasteiger partial charge in [-0.2, -0.15) is 0 Å². The smallest absolute Gasteiger partial charge is 0.261 e.